The molecule has 1 aromatic rings. The van der Waals surface area contributed by atoms with Gasteiger partial charge < -0.3 is 10.2 Å². The van der Waals surface area contributed by atoms with Crippen LogP contribution in [-0.4, -0.2) is 41.3 Å². The number of hydrogen-bond donors (Lipinski definition) is 1. The van der Waals surface area contributed by atoms with E-state index in [1.165, 1.54) is 12.3 Å². The Balaban J connectivity index is 1.86. The van der Waals surface area contributed by atoms with Crippen LogP contribution in [0.1, 0.15) is 23.3 Å². The number of amides is 2. The summed E-state index contributed by atoms with van der Waals surface area (Å²) in [5.41, 5.74) is 0.219. The van der Waals surface area contributed by atoms with Gasteiger partial charge in [0, 0.05) is 24.3 Å². The Hall–Kier alpha value is -1.62. The molecule has 0 saturated carbocycles. The molecular formula is C12H14ClN3O2. The normalized spacial score (nSPS) is 14.6. The largest absolute Gasteiger partial charge is 0.342 e. The number of carbonyl (C=O) groups is 2. The second-order valence-corrected chi connectivity index (χ2v) is 4.57. The van der Waals surface area contributed by atoms with E-state index in [1.54, 1.807) is 11.0 Å². The number of carbonyl (C=O) groups excluding carboxylic acids is 2. The molecule has 0 spiro atoms. The monoisotopic (exact) mass is 267 g/mol. The molecule has 0 radical (unpaired) electrons. The van der Waals surface area contributed by atoms with Crippen molar-refractivity contribution in [3.63, 3.8) is 0 Å². The minimum Gasteiger partial charge on any atom is -0.342 e. The Labute approximate surface area is 110 Å². The second-order valence-electron chi connectivity index (χ2n) is 4.13. The third-order valence-electron chi connectivity index (χ3n) is 2.81. The Morgan fingerprint density at radius 2 is 2.11 bits per heavy atom. The fraction of sp³-hybridized carbons (Fsp3) is 0.417. The Morgan fingerprint density at radius 3 is 2.78 bits per heavy atom. The number of nitrogens with one attached hydrogen (secondary N) is 1. The summed E-state index contributed by atoms with van der Waals surface area (Å²) in [6.45, 7) is 1.57. The highest BCUT2D eigenvalue weighted by molar-refractivity contribution is 6.30. The van der Waals surface area contributed by atoms with Crippen molar-refractivity contribution >= 4 is 23.4 Å². The zero-order chi connectivity index (χ0) is 13.0. The summed E-state index contributed by atoms with van der Waals surface area (Å²) in [4.78, 5) is 29.1. The molecule has 0 aliphatic carbocycles. The van der Waals surface area contributed by atoms with Crippen LogP contribution in [-0.2, 0) is 4.79 Å². The minimum atomic E-state index is -0.384. The molecule has 0 unspecified atom stereocenters. The summed E-state index contributed by atoms with van der Waals surface area (Å²) in [5, 5.41) is 3.00. The molecule has 2 rings (SSSR count). The number of hydrogen-bond acceptors (Lipinski definition) is 3. The smallest absolute Gasteiger partial charge is 0.270 e. The maximum atomic E-state index is 11.7. The van der Waals surface area contributed by atoms with Crippen LogP contribution >= 0.6 is 11.6 Å². The van der Waals surface area contributed by atoms with E-state index >= 15 is 0 Å². The van der Waals surface area contributed by atoms with Crippen LogP contribution < -0.4 is 5.32 Å². The third-order valence-corrected chi connectivity index (χ3v) is 3.05. The van der Waals surface area contributed by atoms with Gasteiger partial charge in [-0.25, -0.2) is 0 Å². The first-order chi connectivity index (χ1) is 8.66. The van der Waals surface area contributed by atoms with Crippen LogP contribution in [0.3, 0.4) is 0 Å². The summed E-state index contributed by atoms with van der Waals surface area (Å²) in [6, 6.07) is 3.06. The van der Waals surface area contributed by atoms with E-state index < -0.39 is 0 Å². The SMILES string of the molecule is O=C(NCC(=O)N1CCCC1)c1cc(Cl)ccn1. The van der Waals surface area contributed by atoms with Crippen molar-refractivity contribution in [2.45, 2.75) is 12.8 Å². The molecule has 1 fully saturated rings. The Kier molecular flexibility index (Phi) is 4.15. The van der Waals surface area contributed by atoms with Crippen molar-refractivity contribution in [2.75, 3.05) is 19.6 Å². The zero-order valence-electron chi connectivity index (χ0n) is 9.86. The van der Waals surface area contributed by atoms with Crippen LogP contribution in [0.25, 0.3) is 0 Å². The van der Waals surface area contributed by atoms with Crippen LogP contribution in [0.4, 0.5) is 0 Å². The summed E-state index contributed by atoms with van der Waals surface area (Å²) in [5.74, 6) is -0.437. The highest BCUT2D eigenvalue weighted by Gasteiger charge is 2.18. The van der Waals surface area contributed by atoms with Gasteiger partial charge in [0.25, 0.3) is 5.91 Å². The first-order valence-corrected chi connectivity index (χ1v) is 6.22. The van der Waals surface area contributed by atoms with Crippen LogP contribution in [0.15, 0.2) is 18.3 Å². The molecule has 96 valence electrons. The standard InChI is InChI=1S/C12H14ClN3O2/c13-9-3-4-14-10(7-9)12(18)15-8-11(17)16-5-1-2-6-16/h3-4,7H,1-2,5-6,8H2,(H,15,18). The zero-order valence-corrected chi connectivity index (χ0v) is 10.6. The lowest BCUT2D eigenvalue weighted by Crippen LogP contribution is -2.38. The molecule has 1 saturated heterocycles. The average molecular weight is 268 g/mol. The van der Waals surface area contributed by atoms with Crippen molar-refractivity contribution in [1.29, 1.82) is 0 Å². The van der Waals surface area contributed by atoms with Gasteiger partial charge in [-0.3, -0.25) is 14.6 Å². The van der Waals surface area contributed by atoms with Crippen molar-refractivity contribution in [1.82, 2.24) is 15.2 Å². The summed E-state index contributed by atoms with van der Waals surface area (Å²) in [7, 11) is 0. The maximum Gasteiger partial charge on any atom is 0.270 e. The van der Waals surface area contributed by atoms with Crippen molar-refractivity contribution < 1.29 is 9.59 Å². The lowest BCUT2D eigenvalue weighted by Gasteiger charge is -2.15. The van der Waals surface area contributed by atoms with Gasteiger partial charge >= 0.3 is 0 Å². The fourth-order valence-electron chi connectivity index (χ4n) is 1.85. The Bertz CT molecular complexity index is 458. The van der Waals surface area contributed by atoms with Crippen molar-refractivity contribution in [3.8, 4) is 0 Å². The molecule has 1 aromatic heterocycles. The Morgan fingerprint density at radius 1 is 1.39 bits per heavy atom. The van der Waals surface area contributed by atoms with E-state index in [0.717, 1.165) is 25.9 Å². The summed E-state index contributed by atoms with van der Waals surface area (Å²) < 4.78 is 0. The molecule has 0 atom stereocenters. The van der Waals surface area contributed by atoms with E-state index in [-0.39, 0.29) is 24.1 Å². The third kappa shape index (κ3) is 3.20. The molecule has 1 aliphatic rings. The first kappa shape index (κ1) is 12.8. The van der Waals surface area contributed by atoms with Gasteiger partial charge in [-0.15, -0.1) is 0 Å². The van der Waals surface area contributed by atoms with Gasteiger partial charge in [0.05, 0.1) is 6.54 Å². The highest BCUT2D eigenvalue weighted by Crippen LogP contribution is 2.08. The van der Waals surface area contributed by atoms with Crippen LogP contribution in [0.5, 0.6) is 0 Å². The van der Waals surface area contributed by atoms with E-state index in [4.69, 9.17) is 11.6 Å². The van der Waals surface area contributed by atoms with E-state index in [0.29, 0.717) is 5.02 Å². The maximum absolute atomic E-state index is 11.7. The molecular weight excluding hydrogens is 254 g/mol. The lowest BCUT2D eigenvalue weighted by molar-refractivity contribution is -0.129. The molecule has 1 aliphatic heterocycles. The second kappa shape index (κ2) is 5.82. The number of aromatic nitrogens is 1. The fourth-order valence-corrected chi connectivity index (χ4v) is 2.01. The van der Waals surface area contributed by atoms with E-state index in [1.807, 2.05) is 0 Å². The molecule has 5 nitrogen and oxygen atoms in total. The number of rotatable bonds is 3. The summed E-state index contributed by atoms with van der Waals surface area (Å²) >= 11 is 5.76. The first-order valence-electron chi connectivity index (χ1n) is 5.84. The number of halogens is 1. The number of nitrogens with zero attached hydrogens (tertiary/aromatic N) is 2. The van der Waals surface area contributed by atoms with Gasteiger partial charge in [0.1, 0.15) is 5.69 Å². The molecule has 2 amide bonds. The van der Waals surface area contributed by atoms with Crippen molar-refractivity contribution in [3.05, 3.63) is 29.0 Å². The number of pyridine rings is 1. The average Bonchev–Trinajstić information content (AvgIpc) is 2.89. The predicted molar refractivity (Wildman–Crippen MR) is 67.4 cm³/mol. The van der Waals surface area contributed by atoms with Gasteiger partial charge in [0.15, 0.2) is 0 Å². The molecule has 6 heteroatoms. The lowest BCUT2D eigenvalue weighted by atomic mass is 10.3. The highest BCUT2D eigenvalue weighted by atomic mass is 35.5. The van der Waals surface area contributed by atoms with Gasteiger partial charge in [-0.1, -0.05) is 11.6 Å². The van der Waals surface area contributed by atoms with E-state index in [2.05, 4.69) is 10.3 Å². The van der Waals surface area contributed by atoms with Crippen LogP contribution in [0, 0.1) is 0 Å². The minimum absolute atomic E-state index is 0.00697. The van der Waals surface area contributed by atoms with Crippen LogP contribution in [0.2, 0.25) is 5.02 Å². The molecule has 18 heavy (non-hydrogen) atoms. The quantitative estimate of drug-likeness (QED) is 0.892. The molecule has 2 heterocycles. The summed E-state index contributed by atoms with van der Waals surface area (Å²) in [6.07, 6.45) is 3.53. The number of likely N-dealkylation sites (tertiary alicyclic amines) is 1. The molecule has 1 N–H and O–H groups in total. The topological polar surface area (TPSA) is 62.3 Å². The molecule has 0 bridgehead atoms. The van der Waals surface area contributed by atoms with E-state index in [9.17, 15) is 9.59 Å². The van der Waals surface area contributed by atoms with Gasteiger partial charge in [-0.05, 0) is 25.0 Å². The molecule has 0 aromatic carbocycles. The van der Waals surface area contributed by atoms with Crippen molar-refractivity contribution in [2.24, 2.45) is 0 Å². The van der Waals surface area contributed by atoms with Gasteiger partial charge in [-0.2, -0.15) is 0 Å². The predicted octanol–water partition coefficient (Wildman–Crippen LogP) is 1.09. The van der Waals surface area contributed by atoms with Gasteiger partial charge in [0.2, 0.25) is 5.91 Å².